The van der Waals surface area contributed by atoms with Crippen molar-refractivity contribution in [3.05, 3.63) is 34.9 Å². The number of sulfone groups is 1. The van der Waals surface area contributed by atoms with Gasteiger partial charge in [0.05, 0.1) is 22.5 Å². The summed E-state index contributed by atoms with van der Waals surface area (Å²) in [6.45, 7) is 2.93. The first kappa shape index (κ1) is 29.0. The number of benzene rings is 1. The van der Waals surface area contributed by atoms with Gasteiger partial charge >= 0.3 is 0 Å². The van der Waals surface area contributed by atoms with E-state index in [2.05, 4.69) is 16.7 Å². The number of carbonyl (C=O) groups is 1. The van der Waals surface area contributed by atoms with Gasteiger partial charge in [0, 0.05) is 18.5 Å². The van der Waals surface area contributed by atoms with Crippen molar-refractivity contribution in [3.8, 4) is 5.75 Å². The minimum absolute atomic E-state index is 0.00875. The minimum Gasteiger partial charge on any atom is -0.489 e. The number of amides is 1. The highest BCUT2D eigenvalue weighted by atomic mass is 32.2. The number of fused-ring (bicyclic) bond motifs is 1. The molecular weight excluding hydrogens is 528 g/mol. The van der Waals surface area contributed by atoms with E-state index in [0.717, 1.165) is 57.1 Å². The molecule has 1 saturated carbocycles. The van der Waals surface area contributed by atoms with E-state index in [4.69, 9.17) is 9.29 Å². The first-order chi connectivity index (χ1) is 17.9. The van der Waals surface area contributed by atoms with Gasteiger partial charge in [0.15, 0.2) is 9.84 Å². The van der Waals surface area contributed by atoms with Crippen LogP contribution in [0.3, 0.4) is 0 Å². The topological polar surface area (TPSA) is 139 Å². The summed E-state index contributed by atoms with van der Waals surface area (Å²) in [5.41, 5.74) is 2.62. The van der Waals surface area contributed by atoms with Gasteiger partial charge in [-0.3, -0.25) is 9.35 Å². The molecule has 3 atom stereocenters. The summed E-state index contributed by atoms with van der Waals surface area (Å²) >= 11 is 0. The Bertz CT molecular complexity index is 1260. The van der Waals surface area contributed by atoms with Crippen LogP contribution in [0.1, 0.15) is 80.6 Å². The summed E-state index contributed by atoms with van der Waals surface area (Å²) in [4.78, 5) is 13.9. The summed E-state index contributed by atoms with van der Waals surface area (Å²) in [5.74, 6) is 0.767. The Hall–Kier alpha value is -1.95. The third kappa shape index (κ3) is 8.27. The second-order valence-electron chi connectivity index (χ2n) is 11.1. The third-order valence-corrected chi connectivity index (χ3v) is 9.35. The highest BCUT2D eigenvalue weighted by Gasteiger charge is 2.34. The van der Waals surface area contributed by atoms with E-state index in [0.29, 0.717) is 24.0 Å². The van der Waals surface area contributed by atoms with Gasteiger partial charge in [0.2, 0.25) is 0 Å². The van der Waals surface area contributed by atoms with Crippen LogP contribution in [0.5, 0.6) is 5.75 Å². The number of hydrogen-bond donors (Lipinski definition) is 3. The molecule has 5 rings (SSSR count). The van der Waals surface area contributed by atoms with Crippen molar-refractivity contribution >= 4 is 25.9 Å². The summed E-state index contributed by atoms with van der Waals surface area (Å²) in [5, 5.41) is 6.84. The molecule has 1 aromatic carbocycles. The average Bonchev–Trinajstić information content (AvgIpc) is 3.29. The van der Waals surface area contributed by atoms with E-state index >= 15 is 0 Å². The lowest BCUT2D eigenvalue weighted by Crippen LogP contribution is -2.47. The summed E-state index contributed by atoms with van der Waals surface area (Å²) in [6, 6.07) is 3.52. The smallest absolute Gasteiger partial charge is 0.261 e. The highest BCUT2D eigenvalue weighted by molar-refractivity contribution is 7.91. The first-order valence-electron chi connectivity index (χ1n) is 13.6. The number of ether oxygens (including phenoxy) is 1. The molecule has 1 saturated heterocycles. The standard InChI is InChI=1S/C26H36N2O4S.CH4O3S/c1-17-12-20-14-21(33(30,31)16-19-9-10-19)15-22(25(20)32-17)26(29)28-24(23-8-5-11-27-23)13-18-6-3-2-4-7-18;1-5(2,3)4/h6,14-15,17,19,23-24,27H,2-5,7-13,16H2,1H3,(H,28,29);1H3,(H,2,3,4). The lowest BCUT2D eigenvalue weighted by molar-refractivity contribution is 0.0923. The average molecular weight is 569 g/mol. The number of allylic oxidation sites excluding steroid dienone is 1. The first-order valence-corrected chi connectivity index (χ1v) is 17.1. The molecule has 2 aliphatic carbocycles. The van der Waals surface area contributed by atoms with Crippen LogP contribution in [0.15, 0.2) is 28.7 Å². The van der Waals surface area contributed by atoms with Gasteiger partial charge in [-0.05, 0) is 94.9 Å². The summed E-state index contributed by atoms with van der Waals surface area (Å²) in [7, 11) is -7.08. The van der Waals surface area contributed by atoms with Crippen LogP contribution in [-0.2, 0) is 26.4 Å². The fourth-order valence-corrected chi connectivity index (χ4v) is 7.28. The van der Waals surface area contributed by atoms with E-state index in [1.54, 1.807) is 12.1 Å². The Morgan fingerprint density at radius 3 is 2.50 bits per heavy atom. The van der Waals surface area contributed by atoms with Crippen molar-refractivity contribution < 1.29 is 30.9 Å². The van der Waals surface area contributed by atoms with Gasteiger partial charge in [-0.25, -0.2) is 8.42 Å². The zero-order valence-corrected chi connectivity index (χ0v) is 23.9. The zero-order valence-electron chi connectivity index (χ0n) is 22.2. The monoisotopic (exact) mass is 568 g/mol. The molecule has 11 heteroatoms. The van der Waals surface area contributed by atoms with Crippen LogP contribution < -0.4 is 15.4 Å². The van der Waals surface area contributed by atoms with E-state index in [-0.39, 0.29) is 40.7 Å². The highest BCUT2D eigenvalue weighted by Crippen LogP contribution is 2.38. The van der Waals surface area contributed by atoms with Crippen LogP contribution in [0.4, 0.5) is 0 Å². The van der Waals surface area contributed by atoms with E-state index in [9.17, 15) is 21.6 Å². The van der Waals surface area contributed by atoms with Crippen molar-refractivity contribution in [2.45, 2.75) is 94.2 Å². The number of rotatable bonds is 8. The summed E-state index contributed by atoms with van der Waals surface area (Å²) < 4.78 is 57.9. The largest absolute Gasteiger partial charge is 0.489 e. The molecule has 0 bridgehead atoms. The Morgan fingerprint density at radius 1 is 1.16 bits per heavy atom. The Balaban J connectivity index is 0.000000617. The molecule has 212 valence electrons. The van der Waals surface area contributed by atoms with E-state index < -0.39 is 20.0 Å². The minimum atomic E-state index is -3.67. The lowest BCUT2D eigenvalue weighted by atomic mass is 9.91. The fourth-order valence-electron chi connectivity index (χ4n) is 5.51. The van der Waals surface area contributed by atoms with Gasteiger partial charge < -0.3 is 15.4 Å². The Morgan fingerprint density at radius 2 is 1.89 bits per heavy atom. The second kappa shape index (κ2) is 12.1. The molecule has 0 spiro atoms. The van der Waals surface area contributed by atoms with Gasteiger partial charge in [-0.2, -0.15) is 8.42 Å². The molecule has 1 aromatic rings. The molecule has 3 N–H and O–H groups in total. The van der Waals surface area contributed by atoms with Crippen molar-refractivity contribution in [1.29, 1.82) is 0 Å². The molecule has 2 aliphatic heterocycles. The maximum atomic E-state index is 13.6. The number of nitrogens with one attached hydrogen (secondary N) is 2. The van der Waals surface area contributed by atoms with Crippen molar-refractivity contribution in [2.75, 3.05) is 18.6 Å². The van der Waals surface area contributed by atoms with Crippen LogP contribution in [0.2, 0.25) is 0 Å². The van der Waals surface area contributed by atoms with Crippen molar-refractivity contribution in [2.24, 2.45) is 5.92 Å². The van der Waals surface area contributed by atoms with Crippen LogP contribution in [0.25, 0.3) is 0 Å². The van der Waals surface area contributed by atoms with E-state index in [1.165, 1.54) is 18.4 Å². The van der Waals surface area contributed by atoms with Crippen LogP contribution >= 0.6 is 0 Å². The molecule has 4 aliphatic rings. The zero-order chi connectivity index (χ0) is 27.5. The Labute approximate surface area is 226 Å². The predicted octanol–water partition coefficient (Wildman–Crippen LogP) is 3.44. The fraction of sp³-hybridized carbons (Fsp3) is 0.667. The van der Waals surface area contributed by atoms with Crippen LogP contribution in [0, 0.1) is 5.92 Å². The van der Waals surface area contributed by atoms with E-state index in [1.807, 2.05) is 6.92 Å². The van der Waals surface area contributed by atoms with Gasteiger partial charge in [-0.1, -0.05) is 11.6 Å². The molecule has 2 heterocycles. The van der Waals surface area contributed by atoms with Crippen molar-refractivity contribution in [3.63, 3.8) is 0 Å². The summed E-state index contributed by atoms with van der Waals surface area (Å²) in [6.07, 6.45) is 13.2. The molecule has 3 unspecified atom stereocenters. The molecule has 9 nitrogen and oxygen atoms in total. The van der Waals surface area contributed by atoms with Gasteiger partial charge in [0.25, 0.3) is 16.0 Å². The quantitative estimate of drug-likeness (QED) is 0.320. The number of hydrogen-bond acceptors (Lipinski definition) is 7. The predicted molar refractivity (Wildman–Crippen MR) is 146 cm³/mol. The van der Waals surface area contributed by atoms with Gasteiger partial charge in [-0.15, -0.1) is 0 Å². The molecule has 0 radical (unpaired) electrons. The third-order valence-electron chi connectivity index (χ3n) is 7.49. The van der Waals surface area contributed by atoms with Gasteiger partial charge in [0.1, 0.15) is 11.9 Å². The number of carbonyl (C=O) groups excluding carboxylic acids is 1. The second-order valence-corrected chi connectivity index (χ2v) is 14.6. The SMILES string of the molecule is CC1Cc2cc(S(=O)(=O)CC3CC3)cc(C(=O)NC(CC3=CCCCC3)C3CCCN3)c2O1.CS(=O)(=O)O. The Kier molecular flexibility index (Phi) is 9.22. The molecule has 0 aromatic heterocycles. The van der Waals surface area contributed by atoms with Crippen molar-refractivity contribution in [1.82, 2.24) is 10.6 Å². The lowest BCUT2D eigenvalue weighted by Gasteiger charge is -2.27. The van der Waals surface area contributed by atoms with Crippen LogP contribution in [-0.4, -0.2) is 64.0 Å². The maximum Gasteiger partial charge on any atom is 0.261 e. The normalized spacial score (nSPS) is 23.9. The molecule has 2 fully saturated rings. The molecule has 38 heavy (non-hydrogen) atoms. The molecule has 1 amide bonds. The molecular formula is C27H40N2O7S2. The maximum absolute atomic E-state index is 13.6.